The molecule has 1 aromatic rings. The van der Waals surface area contributed by atoms with E-state index >= 15 is 0 Å². The zero-order valence-corrected chi connectivity index (χ0v) is 12.8. The highest BCUT2D eigenvalue weighted by Gasteiger charge is 2.38. The molecule has 2 saturated heterocycles. The number of hydrogen-bond acceptors (Lipinski definition) is 3. The Morgan fingerprint density at radius 3 is 2.60 bits per heavy atom. The van der Waals surface area contributed by atoms with E-state index in [0.717, 1.165) is 17.8 Å². The Morgan fingerprint density at radius 1 is 1.25 bits per heavy atom. The minimum absolute atomic E-state index is 0.387. The fraction of sp³-hybridized carbons (Fsp3) is 0.647. The van der Waals surface area contributed by atoms with Gasteiger partial charge >= 0.3 is 0 Å². The first-order chi connectivity index (χ1) is 9.67. The van der Waals surface area contributed by atoms with Gasteiger partial charge in [-0.05, 0) is 57.4 Å². The number of rotatable bonds is 4. The molecule has 110 valence electrons. The van der Waals surface area contributed by atoms with Gasteiger partial charge < -0.3 is 15.0 Å². The number of piperidine rings is 1. The molecule has 0 radical (unpaired) electrons. The van der Waals surface area contributed by atoms with E-state index in [1.54, 1.807) is 7.11 Å². The van der Waals surface area contributed by atoms with Crippen LogP contribution in [0, 0.1) is 0 Å². The third kappa shape index (κ3) is 2.70. The molecule has 2 heterocycles. The molecular formula is C17H26N2O. The predicted molar refractivity (Wildman–Crippen MR) is 82.1 cm³/mol. The lowest BCUT2D eigenvalue weighted by molar-refractivity contribution is 0.144. The minimum atomic E-state index is 0.387. The molecule has 3 heteroatoms. The van der Waals surface area contributed by atoms with Crippen LogP contribution in [-0.2, 0) is 0 Å². The lowest BCUT2D eigenvalue weighted by Crippen LogP contribution is -2.47. The van der Waals surface area contributed by atoms with Gasteiger partial charge in [-0.25, -0.2) is 0 Å². The van der Waals surface area contributed by atoms with E-state index in [9.17, 15) is 0 Å². The number of hydrogen-bond donors (Lipinski definition) is 1. The Balaban J connectivity index is 1.63. The van der Waals surface area contributed by atoms with Crippen LogP contribution in [0.3, 0.4) is 0 Å². The Labute approximate surface area is 122 Å². The molecule has 20 heavy (non-hydrogen) atoms. The molecule has 3 atom stereocenters. The van der Waals surface area contributed by atoms with Crippen LogP contribution < -0.4 is 10.1 Å². The van der Waals surface area contributed by atoms with Gasteiger partial charge in [-0.15, -0.1) is 0 Å². The first-order valence-corrected chi connectivity index (χ1v) is 7.79. The van der Waals surface area contributed by atoms with Gasteiger partial charge in [0.1, 0.15) is 5.75 Å². The van der Waals surface area contributed by atoms with Crippen molar-refractivity contribution in [3.8, 4) is 5.75 Å². The van der Waals surface area contributed by atoms with Crippen molar-refractivity contribution in [3.05, 3.63) is 29.8 Å². The molecule has 3 nitrogen and oxygen atoms in total. The summed E-state index contributed by atoms with van der Waals surface area (Å²) in [5.74, 6) is 0.944. The number of ether oxygens (including phenoxy) is 1. The lowest BCUT2D eigenvalue weighted by atomic mass is 9.96. The summed E-state index contributed by atoms with van der Waals surface area (Å²) < 4.78 is 5.32. The maximum atomic E-state index is 5.32. The van der Waals surface area contributed by atoms with Crippen LogP contribution in [-0.4, -0.2) is 37.2 Å². The fourth-order valence-electron chi connectivity index (χ4n) is 3.91. The molecular weight excluding hydrogens is 248 g/mol. The van der Waals surface area contributed by atoms with E-state index in [1.807, 2.05) is 6.07 Å². The first-order valence-electron chi connectivity index (χ1n) is 7.79. The van der Waals surface area contributed by atoms with Crippen LogP contribution in [0.25, 0.3) is 0 Å². The van der Waals surface area contributed by atoms with Crippen molar-refractivity contribution < 1.29 is 4.74 Å². The number of methoxy groups -OCH3 is 1. The Hall–Kier alpha value is -1.06. The highest BCUT2D eigenvalue weighted by molar-refractivity contribution is 5.30. The van der Waals surface area contributed by atoms with Crippen molar-refractivity contribution in [2.75, 3.05) is 14.2 Å². The van der Waals surface area contributed by atoms with E-state index in [-0.39, 0.29) is 0 Å². The summed E-state index contributed by atoms with van der Waals surface area (Å²) in [5.41, 5.74) is 1.32. The zero-order chi connectivity index (χ0) is 14.1. The molecule has 0 aliphatic carbocycles. The molecule has 3 rings (SSSR count). The summed E-state index contributed by atoms with van der Waals surface area (Å²) in [5, 5.41) is 3.83. The molecule has 2 unspecified atom stereocenters. The van der Waals surface area contributed by atoms with Gasteiger partial charge in [0.2, 0.25) is 0 Å². The standard InChI is InChI=1S/C17H26N2O/c1-12(13-5-4-6-17(9-13)20-3)18-14-10-15-7-8-16(11-14)19(15)2/h4-6,9,12,14-16,18H,7-8,10-11H2,1-3H3/t12-,14?,15?,16?/m1/s1. The van der Waals surface area contributed by atoms with Gasteiger partial charge in [-0.3, -0.25) is 0 Å². The van der Waals surface area contributed by atoms with Crippen molar-refractivity contribution in [1.82, 2.24) is 10.2 Å². The van der Waals surface area contributed by atoms with E-state index < -0.39 is 0 Å². The Morgan fingerprint density at radius 2 is 1.95 bits per heavy atom. The number of nitrogens with one attached hydrogen (secondary N) is 1. The van der Waals surface area contributed by atoms with Crippen LogP contribution >= 0.6 is 0 Å². The fourth-order valence-corrected chi connectivity index (χ4v) is 3.91. The molecule has 0 spiro atoms. The molecule has 1 aromatic carbocycles. The van der Waals surface area contributed by atoms with Gasteiger partial charge in [0.15, 0.2) is 0 Å². The first kappa shape index (κ1) is 13.9. The summed E-state index contributed by atoms with van der Waals surface area (Å²) in [4.78, 5) is 2.59. The van der Waals surface area contributed by atoms with Crippen LogP contribution in [0.2, 0.25) is 0 Å². The highest BCUT2D eigenvalue weighted by Crippen LogP contribution is 2.35. The topological polar surface area (TPSA) is 24.5 Å². The Bertz CT molecular complexity index is 448. The van der Waals surface area contributed by atoms with E-state index in [1.165, 1.54) is 31.2 Å². The van der Waals surface area contributed by atoms with E-state index in [4.69, 9.17) is 4.74 Å². The average molecular weight is 274 g/mol. The van der Waals surface area contributed by atoms with Crippen LogP contribution in [0.5, 0.6) is 5.75 Å². The van der Waals surface area contributed by atoms with Gasteiger partial charge in [0.05, 0.1) is 7.11 Å². The molecule has 0 amide bonds. The number of fused-ring (bicyclic) bond motifs is 2. The second-order valence-electron chi connectivity index (χ2n) is 6.38. The van der Waals surface area contributed by atoms with Gasteiger partial charge in [0.25, 0.3) is 0 Å². The van der Waals surface area contributed by atoms with Crippen LogP contribution in [0.1, 0.15) is 44.2 Å². The SMILES string of the molecule is COc1cccc([C@@H](C)NC2CC3CCC(C2)N3C)c1. The normalized spacial score (nSPS) is 31.2. The maximum absolute atomic E-state index is 5.32. The lowest BCUT2D eigenvalue weighted by Gasteiger charge is -2.38. The third-order valence-corrected chi connectivity index (χ3v) is 5.18. The zero-order valence-electron chi connectivity index (χ0n) is 12.8. The summed E-state index contributed by atoms with van der Waals surface area (Å²) in [7, 11) is 4.02. The molecule has 1 N–H and O–H groups in total. The van der Waals surface area contributed by atoms with Gasteiger partial charge in [-0.2, -0.15) is 0 Å². The second-order valence-corrected chi connectivity index (χ2v) is 6.38. The number of benzene rings is 1. The summed E-state index contributed by atoms with van der Waals surface area (Å²) in [6.45, 7) is 2.26. The third-order valence-electron chi connectivity index (χ3n) is 5.18. The molecule has 2 bridgehead atoms. The van der Waals surface area contributed by atoms with Crippen molar-refractivity contribution >= 4 is 0 Å². The van der Waals surface area contributed by atoms with E-state index in [2.05, 4.69) is 42.4 Å². The van der Waals surface area contributed by atoms with Gasteiger partial charge in [-0.1, -0.05) is 12.1 Å². The molecule has 0 saturated carbocycles. The monoisotopic (exact) mass is 274 g/mol. The summed E-state index contributed by atoms with van der Waals surface area (Å²) >= 11 is 0. The predicted octanol–water partition coefficient (Wildman–Crippen LogP) is 2.97. The summed E-state index contributed by atoms with van der Waals surface area (Å²) in [6, 6.07) is 11.0. The van der Waals surface area contributed by atoms with Crippen LogP contribution in [0.15, 0.2) is 24.3 Å². The summed E-state index contributed by atoms with van der Waals surface area (Å²) in [6.07, 6.45) is 5.35. The van der Waals surface area contributed by atoms with Crippen molar-refractivity contribution in [1.29, 1.82) is 0 Å². The number of nitrogens with zero attached hydrogens (tertiary/aromatic N) is 1. The van der Waals surface area contributed by atoms with Crippen molar-refractivity contribution in [3.63, 3.8) is 0 Å². The highest BCUT2D eigenvalue weighted by atomic mass is 16.5. The van der Waals surface area contributed by atoms with Gasteiger partial charge in [0, 0.05) is 24.2 Å². The second kappa shape index (κ2) is 5.74. The molecule has 2 aliphatic rings. The maximum Gasteiger partial charge on any atom is 0.119 e. The molecule has 2 fully saturated rings. The quantitative estimate of drug-likeness (QED) is 0.913. The van der Waals surface area contributed by atoms with Crippen molar-refractivity contribution in [2.24, 2.45) is 0 Å². The van der Waals surface area contributed by atoms with Crippen molar-refractivity contribution in [2.45, 2.75) is 56.8 Å². The Kier molecular flexibility index (Phi) is 3.99. The molecule has 0 aromatic heterocycles. The van der Waals surface area contributed by atoms with E-state index in [0.29, 0.717) is 12.1 Å². The van der Waals surface area contributed by atoms with Crippen LogP contribution in [0.4, 0.5) is 0 Å². The smallest absolute Gasteiger partial charge is 0.119 e. The largest absolute Gasteiger partial charge is 0.497 e. The molecule has 2 aliphatic heterocycles. The average Bonchev–Trinajstić information content (AvgIpc) is 2.69. The minimum Gasteiger partial charge on any atom is -0.497 e.